The number of aromatic amines is 1. The fourth-order valence-electron chi connectivity index (χ4n) is 4.55. The minimum Gasteiger partial charge on any atom is -0.366 e. The molecule has 2 aromatic carbocycles. The third-order valence-corrected chi connectivity index (χ3v) is 6.25. The zero-order chi connectivity index (χ0) is 23.0. The lowest BCUT2D eigenvalue weighted by Crippen LogP contribution is -2.39. The molecule has 32 heavy (non-hydrogen) atoms. The van der Waals surface area contributed by atoms with E-state index in [1.54, 1.807) is 24.3 Å². The van der Waals surface area contributed by atoms with E-state index in [0.29, 0.717) is 36.2 Å². The first kappa shape index (κ1) is 21.4. The van der Waals surface area contributed by atoms with Crippen LogP contribution >= 0.6 is 0 Å². The number of carbonyl (C=O) groups is 2. The van der Waals surface area contributed by atoms with Gasteiger partial charge in [0.2, 0.25) is 11.8 Å². The molecule has 2 amide bonds. The fourth-order valence-corrected chi connectivity index (χ4v) is 4.55. The molecule has 9 nitrogen and oxygen atoms in total. The molecule has 0 unspecified atom stereocenters. The van der Waals surface area contributed by atoms with Crippen molar-refractivity contribution in [1.29, 1.82) is 0 Å². The molecule has 0 radical (unpaired) electrons. The molecule has 1 aliphatic rings. The fraction of sp³-hybridized carbons (Fsp3) is 0.261. The summed E-state index contributed by atoms with van der Waals surface area (Å²) in [4.78, 5) is 23.7. The SMILES string of the molecule is C=C(C)[C@@H](N)CC1(c2nn[nH]n2)c2ccc(C(N)=O)cc2CCc2cc(C(N)=O)ccc21. The van der Waals surface area contributed by atoms with Gasteiger partial charge in [0.1, 0.15) is 0 Å². The van der Waals surface area contributed by atoms with Crippen molar-refractivity contribution < 1.29 is 9.59 Å². The molecule has 3 aromatic rings. The number of aromatic nitrogens is 4. The second-order valence-electron chi connectivity index (χ2n) is 8.27. The molecule has 9 heteroatoms. The Hall–Kier alpha value is -3.85. The van der Waals surface area contributed by atoms with Crippen molar-refractivity contribution in [2.24, 2.45) is 17.2 Å². The van der Waals surface area contributed by atoms with Crippen LogP contribution in [0.2, 0.25) is 0 Å². The number of hydrogen-bond donors (Lipinski definition) is 4. The number of carbonyl (C=O) groups excluding carboxylic acids is 2. The first-order chi connectivity index (χ1) is 15.2. The van der Waals surface area contributed by atoms with Gasteiger partial charge in [-0.15, -0.1) is 10.2 Å². The Bertz CT molecular complexity index is 1150. The van der Waals surface area contributed by atoms with Crippen molar-refractivity contribution in [1.82, 2.24) is 20.6 Å². The number of nitrogens with two attached hydrogens (primary N) is 3. The molecule has 4 rings (SSSR count). The van der Waals surface area contributed by atoms with E-state index in [1.807, 2.05) is 19.1 Å². The van der Waals surface area contributed by atoms with Gasteiger partial charge in [-0.05, 0) is 72.7 Å². The van der Waals surface area contributed by atoms with Crippen molar-refractivity contribution in [2.75, 3.05) is 0 Å². The Morgan fingerprint density at radius 2 is 1.59 bits per heavy atom. The minimum atomic E-state index is -0.890. The highest BCUT2D eigenvalue weighted by atomic mass is 16.1. The number of rotatable bonds is 6. The summed E-state index contributed by atoms with van der Waals surface area (Å²) in [5.41, 5.74) is 22.0. The number of H-pyrrole nitrogens is 1. The van der Waals surface area contributed by atoms with Crippen molar-refractivity contribution >= 4 is 11.8 Å². The van der Waals surface area contributed by atoms with Crippen molar-refractivity contribution in [3.05, 3.63) is 87.8 Å². The van der Waals surface area contributed by atoms with Crippen LogP contribution in [0, 0.1) is 0 Å². The Balaban J connectivity index is 2.07. The van der Waals surface area contributed by atoms with Gasteiger partial charge in [-0.3, -0.25) is 9.59 Å². The van der Waals surface area contributed by atoms with E-state index in [1.165, 1.54) is 0 Å². The number of benzene rings is 2. The van der Waals surface area contributed by atoms with Crippen LogP contribution in [0.15, 0.2) is 48.6 Å². The highest BCUT2D eigenvalue weighted by Gasteiger charge is 2.45. The van der Waals surface area contributed by atoms with E-state index in [9.17, 15) is 9.59 Å². The summed E-state index contributed by atoms with van der Waals surface area (Å²) in [5, 5.41) is 15.1. The standard InChI is InChI=1S/C23H25N7O2/c1-12(2)19(24)11-23(22-27-29-30-28-22)17-7-5-15(20(25)31)9-13(17)3-4-14-10-16(21(26)32)6-8-18(14)23/h5-10,19H,1,3-4,11,24H2,2H3,(H2,25,31)(H2,26,32)(H,27,28,29,30)/t19-/m0/s1. The number of fused-ring (bicyclic) bond motifs is 2. The molecular formula is C23H25N7O2. The van der Waals surface area contributed by atoms with E-state index in [4.69, 9.17) is 17.2 Å². The second-order valence-corrected chi connectivity index (χ2v) is 8.27. The van der Waals surface area contributed by atoms with Crippen LogP contribution in [-0.2, 0) is 18.3 Å². The van der Waals surface area contributed by atoms with Crippen molar-refractivity contribution in [3.63, 3.8) is 0 Å². The second kappa shape index (κ2) is 8.01. The Morgan fingerprint density at radius 3 is 2.00 bits per heavy atom. The topological polar surface area (TPSA) is 167 Å². The normalized spacial score (nSPS) is 15.2. The van der Waals surface area contributed by atoms with Crippen molar-refractivity contribution in [3.8, 4) is 0 Å². The number of primary amides is 2. The van der Waals surface area contributed by atoms with E-state index in [0.717, 1.165) is 27.8 Å². The molecule has 1 aliphatic carbocycles. The molecular weight excluding hydrogens is 406 g/mol. The van der Waals surface area contributed by atoms with E-state index < -0.39 is 17.2 Å². The molecule has 0 fully saturated rings. The number of aryl methyl sites for hydroxylation is 2. The number of nitrogens with zero attached hydrogens (tertiary/aromatic N) is 3. The van der Waals surface area contributed by atoms with Crippen LogP contribution in [0.1, 0.15) is 62.1 Å². The Labute approximate surface area is 185 Å². The largest absolute Gasteiger partial charge is 0.366 e. The van der Waals surface area contributed by atoms with E-state index in [2.05, 4.69) is 27.2 Å². The zero-order valence-corrected chi connectivity index (χ0v) is 17.8. The summed E-state index contributed by atoms with van der Waals surface area (Å²) in [6, 6.07) is 10.4. The van der Waals surface area contributed by atoms with Gasteiger partial charge in [0.25, 0.3) is 0 Å². The molecule has 164 valence electrons. The Morgan fingerprint density at radius 1 is 1.06 bits per heavy atom. The molecule has 0 bridgehead atoms. The number of hydrogen-bond acceptors (Lipinski definition) is 6. The molecule has 7 N–H and O–H groups in total. The molecule has 0 saturated heterocycles. The number of amides is 2. The van der Waals surface area contributed by atoms with Crippen molar-refractivity contribution in [2.45, 2.75) is 37.6 Å². The maximum Gasteiger partial charge on any atom is 0.248 e. The van der Waals surface area contributed by atoms with Gasteiger partial charge in [0, 0.05) is 17.2 Å². The Kier molecular flexibility index (Phi) is 5.35. The number of tetrazole rings is 1. The van der Waals surface area contributed by atoms with Gasteiger partial charge in [-0.25, -0.2) is 0 Å². The smallest absolute Gasteiger partial charge is 0.248 e. The summed E-state index contributed by atoms with van der Waals surface area (Å²) in [7, 11) is 0. The lowest BCUT2D eigenvalue weighted by molar-refractivity contribution is 0.0991. The molecule has 1 aromatic heterocycles. The van der Waals surface area contributed by atoms with Crippen LogP contribution in [0.25, 0.3) is 0 Å². The third-order valence-electron chi connectivity index (χ3n) is 6.25. The number of nitrogens with one attached hydrogen (secondary N) is 1. The average molecular weight is 432 g/mol. The third kappa shape index (κ3) is 3.46. The summed E-state index contributed by atoms with van der Waals surface area (Å²) < 4.78 is 0. The highest BCUT2D eigenvalue weighted by molar-refractivity contribution is 5.94. The van der Waals surface area contributed by atoms with Gasteiger partial charge in [-0.1, -0.05) is 29.5 Å². The summed E-state index contributed by atoms with van der Waals surface area (Å²) in [6.45, 7) is 5.91. The average Bonchev–Trinajstić information content (AvgIpc) is 3.26. The van der Waals surface area contributed by atoms with Gasteiger partial charge < -0.3 is 17.2 Å². The summed E-state index contributed by atoms with van der Waals surface area (Å²) in [5.74, 6) is -0.569. The van der Waals surface area contributed by atoms with Crippen LogP contribution in [0.5, 0.6) is 0 Å². The van der Waals surface area contributed by atoms with Crippen LogP contribution in [0.3, 0.4) is 0 Å². The van der Waals surface area contributed by atoms with E-state index >= 15 is 0 Å². The summed E-state index contributed by atoms with van der Waals surface area (Å²) >= 11 is 0. The summed E-state index contributed by atoms with van der Waals surface area (Å²) in [6.07, 6.45) is 1.65. The lowest BCUT2D eigenvalue weighted by atomic mass is 9.67. The van der Waals surface area contributed by atoms with Crippen LogP contribution < -0.4 is 17.2 Å². The van der Waals surface area contributed by atoms with E-state index in [-0.39, 0.29) is 6.04 Å². The first-order valence-corrected chi connectivity index (χ1v) is 10.3. The highest BCUT2D eigenvalue weighted by Crippen LogP contribution is 2.47. The molecule has 1 heterocycles. The maximum atomic E-state index is 11.9. The monoisotopic (exact) mass is 431 g/mol. The predicted octanol–water partition coefficient (Wildman–Crippen LogP) is 1.12. The van der Waals surface area contributed by atoms with Gasteiger partial charge in [0.15, 0.2) is 5.82 Å². The predicted molar refractivity (Wildman–Crippen MR) is 119 cm³/mol. The van der Waals surface area contributed by atoms with Crippen LogP contribution in [0.4, 0.5) is 0 Å². The molecule has 1 atom stereocenters. The maximum absolute atomic E-state index is 11.9. The lowest BCUT2D eigenvalue weighted by Gasteiger charge is -2.36. The molecule has 0 saturated carbocycles. The van der Waals surface area contributed by atoms with Gasteiger partial charge >= 0.3 is 0 Å². The van der Waals surface area contributed by atoms with Gasteiger partial charge in [0.05, 0.1) is 5.41 Å². The quantitative estimate of drug-likeness (QED) is 0.427. The molecule has 0 aliphatic heterocycles. The van der Waals surface area contributed by atoms with Crippen LogP contribution in [-0.4, -0.2) is 38.5 Å². The molecule has 0 spiro atoms. The zero-order valence-electron chi connectivity index (χ0n) is 17.8. The van der Waals surface area contributed by atoms with Gasteiger partial charge in [-0.2, -0.15) is 5.21 Å². The minimum absolute atomic E-state index is 0.376. The first-order valence-electron chi connectivity index (χ1n) is 10.3.